The molecule has 1 aliphatic rings. The quantitative estimate of drug-likeness (QED) is 0.643. The first-order valence-corrected chi connectivity index (χ1v) is 6.43. The Bertz CT molecular complexity index is 610. The van der Waals surface area contributed by atoms with Gasteiger partial charge < -0.3 is 9.84 Å². The molecule has 1 aromatic carbocycles. The second-order valence-corrected chi connectivity index (χ2v) is 4.77. The Labute approximate surface area is 120 Å². The van der Waals surface area contributed by atoms with Gasteiger partial charge in [0.05, 0.1) is 6.61 Å². The van der Waals surface area contributed by atoms with Crippen LogP contribution in [0.4, 0.5) is 0 Å². The highest BCUT2D eigenvalue weighted by molar-refractivity contribution is 6.35. The fourth-order valence-corrected chi connectivity index (χ4v) is 2.51. The SMILES string of the molecule is CCOC(=O)C(C(C)=O)C1(O)C(=O)c2ccccc2C1=O. The Morgan fingerprint density at radius 1 is 1.19 bits per heavy atom. The van der Waals surface area contributed by atoms with E-state index in [1.165, 1.54) is 31.2 Å². The van der Waals surface area contributed by atoms with Gasteiger partial charge in [-0.2, -0.15) is 0 Å². The molecule has 110 valence electrons. The highest BCUT2D eigenvalue weighted by atomic mass is 16.5. The number of hydrogen-bond acceptors (Lipinski definition) is 6. The summed E-state index contributed by atoms with van der Waals surface area (Å²) in [4.78, 5) is 48.3. The van der Waals surface area contributed by atoms with Gasteiger partial charge in [-0.1, -0.05) is 24.3 Å². The van der Waals surface area contributed by atoms with Crippen molar-refractivity contribution in [3.63, 3.8) is 0 Å². The predicted molar refractivity (Wildman–Crippen MR) is 70.9 cm³/mol. The summed E-state index contributed by atoms with van der Waals surface area (Å²) in [5.74, 6) is -5.63. The minimum absolute atomic E-state index is 0.000508. The van der Waals surface area contributed by atoms with Gasteiger partial charge in [0.2, 0.25) is 17.2 Å². The summed E-state index contributed by atoms with van der Waals surface area (Å²) in [5.41, 5.74) is -2.72. The van der Waals surface area contributed by atoms with Gasteiger partial charge >= 0.3 is 5.97 Å². The van der Waals surface area contributed by atoms with E-state index in [4.69, 9.17) is 4.74 Å². The molecule has 0 spiro atoms. The summed E-state index contributed by atoms with van der Waals surface area (Å²) in [6.45, 7) is 2.52. The first-order chi connectivity index (χ1) is 9.85. The normalized spacial score (nSPS) is 17.3. The first-order valence-electron chi connectivity index (χ1n) is 6.43. The summed E-state index contributed by atoms with van der Waals surface area (Å²) >= 11 is 0. The van der Waals surface area contributed by atoms with E-state index < -0.39 is 34.8 Å². The lowest BCUT2D eigenvalue weighted by Crippen LogP contribution is -2.54. The Hall–Kier alpha value is -2.34. The van der Waals surface area contributed by atoms with E-state index in [0.717, 1.165) is 6.92 Å². The summed E-state index contributed by atoms with van der Waals surface area (Å²) in [6.07, 6.45) is 0. The third kappa shape index (κ3) is 2.08. The highest BCUT2D eigenvalue weighted by Crippen LogP contribution is 2.36. The van der Waals surface area contributed by atoms with Crippen molar-refractivity contribution in [2.24, 2.45) is 5.92 Å². The average molecular weight is 290 g/mol. The van der Waals surface area contributed by atoms with Crippen molar-refractivity contribution in [2.45, 2.75) is 19.4 Å². The third-order valence-electron chi connectivity index (χ3n) is 3.46. The maximum absolute atomic E-state index is 12.4. The van der Waals surface area contributed by atoms with Crippen LogP contribution in [0.1, 0.15) is 34.6 Å². The molecule has 0 aliphatic heterocycles. The van der Waals surface area contributed by atoms with Gasteiger partial charge in [-0.05, 0) is 13.8 Å². The van der Waals surface area contributed by atoms with Crippen molar-refractivity contribution < 1.29 is 29.0 Å². The molecule has 0 fully saturated rings. The van der Waals surface area contributed by atoms with Crippen LogP contribution < -0.4 is 0 Å². The van der Waals surface area contributed by atoms with E-state index in [0.29, 0.717) is 0 Å². The first kappa shape index (κ1) is 15.1. The van der Waals surface area contributed by atoms with Gasteiger partial charge in [0.1, 0.15) is 5.78 Å². The molecule has 0 saturated carbocycles. The summed E-state index contributed by atoms with van der Waals surface area (Å²) in [6, 6.07) is 5.80. The molecule has 0 bridgehead atoms. The van der Waals surface area contributed by atoms with Crippen molar-refractivity contribution in [3.05, 3.63) is 35.4 Å². The Balaban J connectivity index is 2.56. The van der Waals surface area contributed by atoms with Crippen LogP contribution in [0, 0.1) is 5.92 Å². The van der Waals surface area contributed by atoms with Crippen molar-refractivity contribution in [1.82, 2.24) is 0 Å². The van der Waals surface area contributed by atoms with Crippen LogP contribution in [0.5, 0.6) is 0 Å². The molecule has 6 heteroatoms. The van der Waals surface area contributed by atoms with E-state index in [1.807, 2.05) is 0 Å². The molecule has 21 heavy (non-hydrogen) atoms. The maximum Gasteiger partial charge on any atom is 0.320 e. The van der Waals surface area contributed by atoms with Crippen LogP contribution in [-0.2, 0) is 14.3 Å². The van der Waals surface area contributed by atoms with Crippen LogP contribution in [0.25, 0.3) is 0 Å². The van der Waals surface area contributed by atoms with E-state index in [2.05, 4.69) is 0 Å². The number of hydrogen-bond donors (Lipinski definition) is 1. The maximum atomic E-state index is 12.4. The second kappa shape index (κ2) is 5.21. The number of ether oxygens (including phenoxy) is 1. The Morgan fingerprint density at radius 2 is 1.67 bits per heavy atom. The van der Waals surface area contributed by atoms with Gasteiger partial charge in [-0.25, -0.2) is 0 Å². The lowest BCUT2D eigenvalue weighted by molar-refractivity contribution is -0.157. The van der Waals surface area contributed by atoms with E-state index in [-0.39, 0.29) is 17.7 Å². The smallest absolute Gasteiger partial charge is 0.320 e. The Morgan fingerprint density at radius 3 is 2.05 bits per heavy atom. The largest absolute Gasteiger partial charge is 0.465 e. The minimum Gasteiger partial charge on any atom is -0.465 e. The fourth-order valence-electron chi connectivity index (χ4n) is 2.51. The van der Waals surface area contributed by atoms with E-state index >= 15 is 0 Å². The van der Waals surface area contributed by atoms with Crippen molar-refractivity contribution >= 4 is 23.3 Å². The standard InChI is InChI=1S/C15H14O6/c1-3-21-14(19)11(8(2)16)15(20)12(17)9-6-4-5-7-10(9)13(15)18/h4-7,11,20H,3H2,1-2H3. The number of rotatable bonds is 4. The van der Waals surface area contributed by atoms with Gasteiger partial charge in [-0.15, -0.1) is 0 Å². The van der Waals surface area contributed by atoms with Crippen molar-refractivity contribution in [2.75, 3.05) is 6.61 Å². The monoisotopic (exact) mass is 290 g/mol. The topological polar surface area (TPSA) is 97.7 Å². The number of carbonyl (C=O) groups is 4. The number of Topliss-reactive ketones (excluding diaryl/α,β-unsaturated/α-hetero) is 3. The average Bonchev–Trinajstić information content (AvgIpc) is 2.62. The van der Waals surface area contributed by atoms with E-state index in [1.54, 1.807) is 0 Å². The van der Waals surface area contributed by atoms with Crippen LogP contribution >= 0.6 is 0 Å². The van der Waals surface area contributed by atoms with Crippen molar-refractivity contribution in [3.8, 4) is 0 Å². The molecule has 1 atom stereocenters. The zero-order chi connectivity index (χ0) is 15.8. The molecule has 2 rings (SSSR count). The Kier molecular flexibility index (Phi) is 3.74. The molecule has 6 nitrogen and oxygen atoms in total. The molecule has 0 radical (unpaired) electrons. The number of fused-ring (bicyclic) bond motifs is 1. The number of carbonyl (C=O) groups excluding carboxylic acids is 4. The zero-order valence-electron chi connectivity index (χ0n) is 11.6. The lowest BCUT2D eigenvalue weighted by atomic mass is 9.80. The number of benzene rings is 1. The molecule has 1 aliphatic carbocycles. The van der Waals surface area contributed by atoms with Crippen LogP contribution in [0.3, 0.4) is 0 Å². The molecule has 0 aromatic heterocycles. The molecule has 1 N–H and O–H groups in total. The van der Waals surface area contributed by atoms with E-state index in [9.17, 15) is 24.3 Å². The molecular formula is C15H14O6. The number of esters is 1. The van der Waals surface area contributed by atoms with Gasteiger partial charge in [0, 0.05) is 11.1 Å². The third-order valence-corrected chi connectivity index (χ3v) is 3.46. The fraction of sp³-hybridized carbons (Fsp3) is 0.333. The predicted octanol–water partition coefficient (Wildman–Crippen LogP) is 0.565. The molecule has 1 aromatic rings. The number of aliphatic hydroxyl groups is 1. The molecule has 0 heterocycles. The van der Waals surface area contributed by atoms with Gasteiger partial charge in [0.25, 0.3) is 0 Å². The minimum atomic E-state index is -2.72. The molecule has 0 saturated heterocycles. The lowest BCUT2D eigenvalue weighted by Gasteiger charge is -2.25. The highest BCUT2D eigenvalue weighted by Gasteiger charge is 2.61. The van der Waals surface area contributed by atoms with Crippen LogP contribution in [-0.4, -0.2) is 40.6 Å². The summed E-state index contributed by atoms with van der Waals surface area (Å²) in [5, 5.41) is 10.6. The van der Waals surface area contributed by atoms with Crippen LogP contribution in [0.2, 0.25) is 0 Å². The van der Waals surface area contributed by atoms with Gasteiger partial charge in [0.15, 0.2) is 5.92 Å². The number of ketones is 3. The van der Waals surface area contributed by atoms with Crippen molar-refractivity contribution in [1.29, 1.82) is 0 Å². The zero-order valence-corrected chi connectivity index (χ0v) is 11.6. The second-order valence-electron chi connectivity index (χ2n) is 4.77. The molecule has 0 amide bonds. The molecule has 1 unspecified atom stereocenters. The molecular weight excluding hydrogens is 276 g/mol. The van der Waals surface area contributed by atoms with Gasteiger partial charge in [-0.3, -0.25) is 19.2 Å². The van der Waals surface area contributed by atoms with Crippen LogP contribution in [0.15, 0.2) is 24.3 Å². The summed E-state index contributed by atoms with van der Waals surface area (Å²) in [7, 11) is 0. The summed E-state index contributed by atoms with van der Waals surface area (Å²) < 4.78 is 4.71.